The fourth-order valence-corrected chi connectivity index (χ4v) is 5.45. The average molecular weight is 634 g/mol. The molecule has 0 spiro atoms. The zero-order chi connectivity index (χ0) is 34.1. The molecule has 0 aliphatic carbocycles. The Morgan fingerprint density at radius 2 is 1.70 bits per heavy atom. The number of nitrogens with zero attached hydrogens (tertiary/aromatic N) is 1. The maximum Gasteiger partial charge on any atom is 0.256 e. The van der Waals surface area contributed by atoms with E-state index in [0.29, 0.717) is 51.3 Å². The van der Waals surface area contributed by atoms with E-state index >= 15 is 0 Å². The lowest BCUT2D eigenvalue weighted by molar-refractivity contribution is -0.110. The second kappa shape index (κ2) is 15.6. The Labute approximate surface area is 274 Å². The third-order valence-corrected chi connectivity index (χ3v) is 7.90. The number of ether oxygens (including phenoxy) is 1. The van der Waals surface area contributed by atoms with Crippen LogP contribution in [0.1, 0.15) is 74.2 Å². The lowest BCUT2D eigenvalue weighted by Gasteiger charge is -2.17. The molecule has 10 heteroatoms. The molecular weight excluding hydrogens is 594 g/mol. The molecule has 10 nitrogen and oxygen atoms in total. The summed E-state index contributed by atoms with van der Waals surface area (Å²) in [7, 11) is 1.60. The third-order valence-electron chi connectivity index (χ3n) is 7.90. The van der Waals surface area contributed by atoms with Crippen LogP contribution in [0, 0.1) is 25.2 Å². The Morgan fingerprint density at radius 3 is 2.34 bits per heavy atom. The van der Waals surface area contributed by atoms with Gasteiger partial charge >= 0.3 is 0 Å². The molecule has 0 radical (unpaired) electrons. The molecular formula is C37H39N5O5. The molecule has 5 N–H and O–H groups in total. The van der Waals surface area contributed by atoms with Crippen LogP contribution in [0.2, 0.25) is 0 Å². The Bertz CT molecular complexity index is 1820. The maximum absolute atomic E-state index is 13.4. The van der Waals surface area contributed by atoms with E-state index in [0.717, 1.165) is 16.9 Å². The topological polar surface area (TPSA) is 156 Å². The van der Waals surface area contributed by atoms with E-state index in [1.54, 1.807) is 44.4 Å². The van der Waals surface area contributed by atoms with Crippen LogP contribution in [0.3, 0.4) is 0 Å². The van der Waals surface area contributed by atoms with Gasteiger partial charge in [0.25, 0.3) is 17.7 Å². The van der Waals surface area contributed by atoms with Gasteiger partial charge in [0.2, 0.25) is 0 Å². The fourth-order valence-electron chi connectivity index (χ4n) is 5.45. The van der Waals surface area contributed by atoms with Crippen molar-refractivity contribution in [2.75, 3.05) is 19.0 Å². The largest absolute Gasteiger partial charge is 0.497 e. The Morgan fingerprint density at radius 1 is 1.02 bits per heavy atom. The minimum absolute atomic E-state index is 0.192. The first-order valence-corrected chi connectivity index (χ1v) is 15.2. The molecule has 0 saturated heterocycles. The monoisotopic (exact) mass is 633 g/mol. The first-order chi connectivity index (χ1) is 22.6. The number of nitrogens with one attached hydrogen (secondary N) is 4. The fraction of sp³-hybridized carbons (Fsp3) is 0.243. The van der Waals surface area contributed by atoms with Gasteiger partial charge in [0.15, 0.2) is 0 Å². The van der Waals surface area contributed by atoms with Crippen LogP contribution in [0.25, 0.3) is 11.6 Å². The van der Waals surface area contributed by atoms with Crippen molar-refractivity contribution in [1.29, 1.82) is 5.26 Å². The zero-order valence-corrected chi connectivity index (χ0v) is 27.1. The zero-order valence-electron chi connectivity index (χ0n) is 27.1. The van der Waals surface area contributed by atoms with E-state index in [1.807, 2.05) is 68.4 Å². The van der Waals surface area contributed by atoms with Crippen molar-refractivity contribution in [1.82, 2.24) is 15.6 Å². The van der Waals surface area contributed by atoms with Crippen LogP contribution in [0.4, 0.5) is 5.69 Å². The number of anilines is 1. The standard InChI is InChI=1S/C35H36N4O5.C2H3N/c1-20-31(36-22(3)32(20)35(43)38-26(19-40)16-23-10-13-27(44-4)14-11-23)18-29-28-17-25(12-15-30(28)39-34(29)42)33(41)37-21(2)24-8-6-5-7-9-24;1-2-3/h5-15,17-18,21,26,36,40H,16,19H2,1-4H3,(H,37,41)(H,38,43)(H,39,42);1H3/b29-18-;/t21?,26-;/m0./s1. The molecule has 0 fully saturated rings. The minimum Gasteiger partial charge on any atom is -0.497 e. The number of hydrogen-bond donors (Lipinski definition) is 5. The smallest absolute Gasteiger partial charge is 0.256 e. The van der Waals surface area contributed by atoms with Crippen molar-refractivity contribution in [3.63, 3.8) is 0 Å². The molecule has 1 aliphatic rings. The number of aromatic amines is 1. The second-order valence-electron chi connectivity index (χ2n) is 11.2. The number of fused-ring (bicyclic) bond motifs is 1. The lowest BCUT2D eigenvalue weighted by Crippen LogP contribution is -2.39. The summed E-state index contributed by atoms with van der Waals surface area (Å²) in [6, 6.07) is 23.3. The van der Waals surface area contributed by atoms with E-state index in [4.69, 9.17) is 10.00 Å². The van der Waals surface area contributed by atoms with Gasteiger partial charge in [-0.05, 0) is 80.3 Å². The van der Waals surface area contributed by atoms with Gasteiger partial charge in [0.1, 0.15) is 5.75 Å². The third kappa shape index (κ3) is 8.14. The molecule has 2 atom stereocenters. The number of aliphatic hydroxyl groups is 1. The predicted molar refractivity (Wildman–Crippen MR) is 182 cm³/mol. The van der Waals surface area contributed by atoms with Crippen molar-refractivity contribution in [3.8, 4) is 11.8 Å². The van der Waals surface area contributed by atoms with Crippen LogP contribution >= 0.6 is 0 Å². The Balaban J connectivity index is 0.00000160. The molecule has 0 saturated carbocycles. The van der Waals surface area contributed by atoms with Crippen LogP contribution in [0.15, 0.2) is 72.8 Å². The molecule has 0 bridgehead atoms. The average Bonchev–Trinajstić information content (AvgIpc) is 3.54. The summed E-state index contributed by atoms with van der Waals surface area (Å²) in [5.74, 6) is -0.139. The molecule has 1 aliphatic heterocycles. The first-order valence-electron chi connectivity index (χ1n) is 15.2. The molecule has 242 valence electrons. The van der Waals surface area contributed by atoms with Crippen LogP contribution in [0.5, 0.6) is 5.75 Å². The number of aryl methyl sites for hydroxylation is 1. The Hall–Kier alpha value is -5.66. The molecule has 3 amide bonds. The quantitative estimate of drug-likeness (QED) is 0.146. The maximum atomic E-state index is 13.4. The summed E-state index contributed by atoms with van der Waals surface area (Å²) in [4.78, 5) is 42.7. The summed E-state index contributed by atoms with van der Waals surface area (Å²) in [5.41, 5.74) is 6.32. The highest BCUT2D eigenvalue weighted by atomic mass is 16.5. The van der Waals surface area contributed by atoms with Gasteiger partial charge in [-0.1, -0.05) is 42.5 Å². The number of carbonyl (C=O) groups is 3. The molecule has 1 aromatic heterocycles. The van der Waals surface area contributed by atoms with Crippen molar-refractivity contribution in [3.05, 3.63) is 118 Å². The van der Waals surface area contributed by atoms with Crippen LogP contribution in [-0.4, -0.2) is 47.6 Å². The highest BCUT2D eigenvalue weighted by Gasteiger charge is 2.27. The van der Waals surface area contributed by atoms with Gasteiger partial charge in [0, 0.05) is 35.1 Å². The highest BCUT2D eigenvalue weighted by molar-refractivity contribution is 6.35. The number of H-pyrrole nitrogens is 1. The summed E-state index contributed by atoms with van der Waals surface area (Å²) >= 11 is 0. The lowest BCUT2D eigenvalue weighted by atomic mass is 10.0. The van der Waals surface area contributed by atoms with Crippen LogP contribution < -0.4 is 20.7 Å². The molecule has 1 unspecified atom stereocenters. The number of methoxy groups -OCH3 is 1. The summed E-state index contributed by atoms with van der Waals surface area (Å²) in [5, 5.41) is 26.1. The number of aromatic nitrogens is 1. The van der Waals surface area contributed by atoms with Crippen molar-refractivity contribution in [2.24, 2.45) is 0 Å². The normalized spacial score (nSPS) is 13.7. The van der Waals surface area contributed by atoms with Crippen molar-refractivity contribution >= 4 is 35.1 Å². The molecule has 47 heavy (non-hydrogen) atoms. The van der Waals surface area contributed by atoms with Gasteiger partial charge in [-0.2, -0.15) is 5.26 Å². The van der Waals surface area contributed by atoms with Crippen molar-refractivity contribution in [2.45, 2.75) is 46.2 Å². The number of rotatable bonds is 10. The summed E-state index contributed by atoms with van der Waals surface area (Å²) in [6.07, 6.45) is 2.15. The van der Waals surface area contributed by atoms with Gasteiger partial charge in [0.05, 0.1) is 43.0 Å². The number of hydrogen-bond acceptors (Lipinski definition) is 6. The molecule has 3 aromatic carbocycles. The van der Waals surface area contributed by atoms with E-state index in [9.17, 15) is 19.5 Å². The van der Waals surface area contributed by atoms with Crippen molar-refractivity contribution < 1.29 is 24.2 Å². The summed E-state index contributed by atoms with van der Waals surface area (Å²) in [6.45, 7) is 6.72. The number of benzene rings is 3. The van der Waals surface area contributed by atoms with E-state index in [-0.39, 0.29) is 30.4 Å². The van der Waals surface area contributed by atoms with Gasteiger partial charge in [-0.3, -0.25) is 14.4 Å². The number of nitriles is 1. The van der Waals surface area contributed by atoms with Gasteiger partial charge < -0.3 is 30.8 Å². The molecule has 4 aromatic rings. The first kappa shape index (κ1) is 34.2. The number of aliphatic hydroxyl groups excluding tert-OH is 1. The SMILES string of the molecule is CC#N.COc1ccc(C[C@@H](CO)NC(=O)c2c(C)[nH]c(/C=C3\C(=O)Nc4ccc(C(=O)NC(C)c5ccccc5)cc43)c2C)cc1. The van der Waals surface area contributed by atoms with E-state index in [1.165, 1.54) is 6.92 Å². The Kier molecular flexibility index (Phi) is 11.3. The summed E-state index contributed by atoms with van der Waals surface area (Å²) < 4.78 is 5.20. The van der Waals surface area contributed by atoms with Crippen LogP contribution in [-0.2, 0) is 11.2 Å². The minimum atomic E-state index is -0.493. The molecule has 5 rings (SSSR count). The molecule has 2 heterocycles. The number of amides is 3. The highest BCUT2D eigenvalue weighted by Crippen LogP contribution is 2.35. The number of carbonyl (C=O) groups excluding carboxylic acids is 3. The van der Waals surface area contributed by atoms with Gasteiger partial charge in [-0.25, -0.2) is 0 Å². The van der Waals surface area contributed by atoms with E-state index < -0.39 is 6.04 Å². The second-order valence-corrected chi connectivity index (χ2v) is 11.2. The van der Waals surface area contributed by atoms with Gasteiger partial charge in [-0.15, -0.1) is 0 Å². The van der Waals surface area contributed by atoms with E-state index in [2.05, 4.69) is 20.9 Å². The predicted octanol–water partition coefficient (Wildman–Crippen LogP) is 5.49.